The minimum absolute atomic E-state index is 0. The maximum atomic E-state index is 12.3. The van der Waals surface area contributed by atoms with Crippen LogP contribution in [0.25, 0.3) is 0 Å². The number of hydrogen-bond acceptors (Lipinski definition) is 6. The summed E-state index contributed by atoms with van der Waals surface area (Å²) in [5, 5.41) is 19.6. The third-order valence-electron chi connectivity index (χ3n) is 5.29. The number of hydrogen-bond donors (Lipinski definition) is 5. The van der Waals surface area contributed by atoms with Crippen molar-refractivity contribution in [2.45, 2.75) is 83.8 Å². The van der Waals surface area contributed by atoms with Crippen molar-refractivity contribution in [3.63, 3.8) is 0 Å². The lowest BCUT2D eigenvalue weighted by Crippen LogP contribution is -2.61. The van der Waals surface area contributed by atoms with Crippen LogP contribution in [0.15, 0.2) is 0 Å². The Balaban J connectivity index is -0.00000312. The molecule has 0 saturated carbocycles. The van der Waals surface area contributed by atoms with Crippen molar-refractivity contribution in [2.75, 3.05) is 0 Å². The molecule has 10 heteroatoms. The first-order chi connectivity index (χ1) is 12.0. The van der Waals surface area contributed by atoms with Crippen LogP contribution in [0, 0.1) is 17.8 Å². The zero-order chi connectivity index (χ0) is 20.5. The van der Waals surface area contributed by atoms with Crippen molar-refractivity contribution < 1.29 is 32.8 Å². The molecule has 0 aromatic heterocycles. The Labute approximate surface area is 169 Å². The fraction of sp³-hybridized carbons (Fsp3) is 0.889. The Morgan fingerprint density at radius 2 is 1.32 bits per heavy atom. The van der Waals surface area contributed by atoms with Crippen LogP contribution in [-0.4, -0.2) is 39.9 Å². The number of carboxylic acid groups (broad SMARTS) is 2. The van der Waals surface area contributed by atoms with Crippen LogP contribution in [-0.2, 0) is 19.7 Å². The van der Waals surface area contributed by atoms with Crippen LogP contribution < -0.4 is 12.3 Å². The Bertz CT molecular complexity index is 568. The van der Waals surface area contributed by atoms with E-state index < -0.39 is 44.6 Å². The van der Waals surface area contributed by atoms with E-state index in [0.717, 1.165) is 25.7 Å². The Hall–Kier alpha value is -1.23. The molecule has 0 aromatic rings. The van der Waals surface area contributed by atoms with Crippen LogP contribution in [0.3, 0.4) is 0 Å². The summed E-state index contributed by atoms with van der Waals surface area (Å²) in [7, 11) is -5.16. The van der Waals surface area contributed by atoms with Gasteiger partial charge in [0.15, 0.2) is 0 Å². The molecule has 0 amide bonds. The smallest absolute Gasteiger partial charge is 0.328 e. The van der Waals surface area contributed by atoms with Gasteiger partial charge in [-0.2, -0.15) is 8.42 Å². The van der Waals surface area contributed by atoms with Crippen LogP contribution in [0.2, 0.25) is 0 Å². The van der Waals surface area contributed by atoms with Gasteiger partial charge in [0.25, 0.3) is 10.1 Å². The van der Waals surface area contributed by atoms with E-state index in [2.05, 4.69) is 0 Å². The summed E-state index contributed by atoms with van der Waals surface area (Å²) >= 11 is 0. The van der Waals surface area contributed by atoms with Crippen molar-refractivity contribution in [3.05, 3.63) is 0 Å². The van der Waals surface area contributed by atoms with E-state index in [-0.39, 0.29) is 18.7 Å². The summed E-state index contributed by atoms with van der Waals surface area (Å²) < 4.78 is 31.7. The molecule has 9 N–H and O–H groups in total. The lowest BCUT2D eigenvalue weighted by molar-refractivity contribution is -0.156. The number of unbranched alkanes of at least 4 members (excludes halogenated alkanes) is 4. The zero-order valence-corrected chi connectivity index (χ0v) is 18.5. The maximum Gasteiger partial charge on any atom is 0.328 e. The molecular formula is C18H40N2O7S. The van der Waals surface area contributed by atoms with E-state index in [1.807, 2.05) is 13.8 Å². The molecule has 0 aliphatic carbocycles. The molecule has 0 rings (SSSR count). The molecule has 0 spiro atoms. The first kappa shape index (κ1) is 31.5. The third kappa shape index (κ3) is 7.31. The van der Waals surface area contributed by atoms with E-state index in [1.54, 1.807) is 6.92 Å². The summed E-state index contributed by atoms with van der Waals surface area (Å²) in [5.74, 6) is -6.75. The molecular weight excluding hydrogens is 388 g/mol. The normalized spacial score (nSPS) is 16.6. The van der Waals surface area contributed by atoms with Gasteiger partial charge in [-0.3, -0.25) is 14.1 Å². The molecule has 0 aliphatic heterocycles. The lowest BCUT2D eigenvalue weighted by atomic mass is 9.72. The van der Waals surface area contributed by atoms with Crippen LogP contribution in [0.1, 0.15) is 79.1 Å². The largest absolute Gasteiger partial charge is 0.481 e. The molecule has 0 aliphatic rings. The van der Waals surface area contributed by atoms with Crippen molar-refractivity contribution >= 4 is 22.1 Å². The summed E-state index contributed by atoms with van der Waals surface area (Å²) in [6, 6.07) is 0. The maximum absolute atomic E-state index is 12.3. The highest BCUT2D eigenvalue weighted by Gasteiger charge is 2.63. The fourth-order valence-electron chi connectivity index (χ4n) is 3.82. The minimum atomic E-state index is -5.16. The number of rotatable bonds is 14. The summed E-state index contributed by atoms with van der Waals surface area (Å²) in [6.45, 7) is 6.89. The number of carboxylic acids is 2. The molecule has 4 atom stereocenters. The van der Waals surface area contributed by atoms with Gasteiger partial charge in [-0.1, -0.05) is 66.2 Å². The average molecular weight is 429 g/mol. The average Bonchev–Trinajstić information content (AvgIpc) is 2.50. The molecule has 170 valence electrons. The van der Waals surface area contributed by atoms with E-state index in [1.165, 1.54) is 6.92 Å². The van der Waals surface area contributed by atoms with Crippen LogP contribution in [0.4, 0.5) is 0 Å². The molecule has 0 radical (unpaired) electrons. The van der Waals surface area contributed by atoms with Gasteiger partial charge in [0.2, 0.25) is 4.75 Å². The zero-order valence-electron chi connectivity index (χ0n) is 17.7. The molecule has 0 fully saturated rings. The number of aliphatic carboxylic acids is 2. The monoisotopic (exact) mass is 428 g/mol. The van der Waals surface area contributed by atoms with E-state index in [0.29, 0.717) is 19.3 Å². The van der Waals surface area contributed by atoms with Gasteiger partial charge in [0, 0.05) is 0 Å². The highest BCUT2D eigenvalue weighted by Crippen LogP contribution is 2.42. The van der Waals surface area contributed by atoms with Crippen molar-refractivity contribution in [3.8, 4) is 0 Å². The van der Waals surface area contributed by atoms with Crippen molar-refractivity contribution in [1.82, 2.24) is 12.3 Å². The predicted octanol–water partition coefficient (Wildman–Crippen LogP) is 4.16. The lowest BCUT2D eigenvalue weighted by Gasteiger charge is -2.39. The van der Waals surface area contributed by atoms with Crippen molar-refractivity contribution in [1.29, 1.82) is 0 Å². The summed E-state index contributed by atoms with van der Waals surface area (Å²) in [4.78, 5) is 24.1. The molecule has 0 bridgehead atoms. The third-order valence-corrected chi connectivity index (χ3v) is 6.98. The minimum Gasteiger partial charge on any atom is -0.481 e. The molecule has 28 heavy (non-hydrogen) atoms. The Kier molecular flexibility index (Phi) is 15.6. The highest BCUT2D eigenvalue weighted by atomic mass is 32.2. The first-order valence-electron chi connectivity index (χ1n) is 9.41. The molecule has 0 aromatic carbocycles. The SMILES string of the molecule is CCCCCC(C)C(C(=O)O)C(C(=O)O)(C(C)CCCCC)S(=O)(=O)O.N.N. The first-order valence-corrected chi connectivity index (χ1v) is 10.9. The fourth-order valence-corrected chi connectivity index (χ4v) is 5.32. The molecule has 0 saturated heterocycles. The van der Waals surface area contributed by atoms with Gasteiger partial charge in [-0.15, -0.1) is 0 Å². The van der Waals surface area contributed by atoms with Gasteiger partial charge < -0.3 is 22.5 Å². The molecule has 9 nitrogen and oxygen atoms in total. The topological polar surface area (TPSA) is 199 Å². The van der Waals surface area contributed by atoms with Gasteiger partial charge in [-0.05, 0) is 24.7 Å². The summed E-state index contributed by atoms with van der Waals surface area (Å²) in [6.07, 6.45) is 5.21. The second-order valence-corrected chi connectivity index (χ2v) is 8.88. The van der Waals surface area contributed by atoms with E-state index >= 15 is 0 Å². The number of carbonyl (C=O) groups is 2. The van der Waals surface area contributed by atoms with Gasteiger partial charge in [0.05, 0.1) is 5.92 Å². The van der Waals surface area contributed by atoms with Gasteiger partial charge >= 0.3 is 11.9 Å². The molecule has 4 unspecified atom stereocenters. The van der Waals surface area contributed by atoms with E-state index in [4.69, 9.17) is 0 Å². The van der Waals surface area contributed by atoms with Crippen LogP contribution in [0.5, 0.6) is 0 Å². The second kappa shape index (κ2) is 13.9. The van der Waals surface area contributed by atoms with Crippen LogP contribution >= 0.6 is 0 Å². The Morgan fingerprint density at radius 1 is 0.893 bits per heavy atom. The van der Waals surface area contributed by atoms with Gasteiger partial charge in [-0.25, -0.2) is 0 Å². The summed E-state index contributed by atoms with van der Waals surface area (Å²) in [5.41, 5.74) is 0. The quantitative estimate of drug-likeness (QED) is 0.199. The Morgan fingerprint density at radius 3 is 1.64 bits per heavy atom. The molecule has 0 heterocycles. The van der Waals surface area contributed by atoms with Crippen molar-refractivity contribution in [2.24, 2.45) is 17.8 Å². The second-order valence-electron chi connectivity index (χ2n) is 7.26. The van der Waals surface area contributed by atoms with Gasteiger partial charge in [0.1, 0.15) is 0 Å². The standard InChI is InChI=1S/C18H34O7S.2H3N/c1-5-7-9-11-13(3)15(16(19)20)18(17(21)22,26(23,24)25)14(4)12-10-8-6-2;;/h13-15H,5-12H2,1-4H3,(H,19,20)(H,21,22)(H,23,24,25);2*1H3. The van der Waals surface area contributed by atoms with E-state index in [9.17, 15) is 32.8 Å². The predicted molar refractivity (Wildman–Crippen MR) is 110 cm³/mol. The highest BCUT2D eigenvalue weighted by molar-refractivity contribution is 7.88.